The number of benzene rings is 2. The summed E-state index contributed by atoms with van der Waals surface area (Å²) >= 11 is 6.24. The van der Waals surface area contributed by atoms with Crippen molar-refractivity contribution in [3.8, 4) is 6.07 Å². The van der Waals surface area contributed by atoms with Gasteiger partial charge in [0, 0.05) is 24.9 Å². The second kappa shape index (κ2) is 12.7. The van der Waals surface area contributed by atoms with Gasteiger partial charge in [0.15, 0.2) is 0 Å². The molecule has 1 saturated carbocycles. The number of nitriles is 1. The highest BCUT2D eigenvalue weighted by Crippen LogP contribution is 2.34. The molecule has 1 fully saturated rings. The highest BCUT2D eigenvalue weighted by molar-refractivity contribution is 6.20. The smallest absolute Gasteiger partial charge is 0.0587 e. The van der Waals surface area contributed by atoms with E-state index < -0.39 is 0 Å². The number of halogens is 1. The molecule has 2 nitrogen and oxygen atoms in total. The monoisotopic (exact) mass is 410 g/mol. The molecule has 1 atom stereocenters. The van der Waals surface area contributed by atoms with E-state index in [0.29, 0.717) is 11.4 Å². The van der Waals surface area contributed by atoms with E-state index in [1.54, 1.807) is 6.07 Å². The molecule has 0 saturated heterocycles. The van der Waals surface area contributed by atoms with Crippen molar-refractivity contribution in [2.75, 3.05) is 7.05 Å². The number of alkyl halides is 1. The summed E-state index contributed by atoms with van der Waals surface area (Å²) in [5.41, 5.74) is 4.35. The standard InChI is InChI=1S/C24H32ClN.C2H3N/c1-19(26(2)18-21-6-4-3-5-7-21)8-9-20-10-12-22(13-11-20)23-14-16-24(25)17-15-23;1-2-3/h3-7,10-13,19,23-24H,8-9,14-18H2,1-2H3;1H3. The van der Waals surface area contributed by atoms with E-state index in [2.05, 4.69) is 73.5 Å². The Bertz CT molecular complexity index is 728. The molecule has 1 aliphatic carbocycles. The van der Waals surface area contributed by atoms with Gasteiger partial charge in [-0.15, -0.1) is 11.6 Å². The maximum absolute atomic E-state index is 7.32. The van der Waals surface area contributed by atoms with Gasteiger partial charge in [0.25, 0.3) is 0 Å². The maximum atomic E-state index is 7.32. The van der Waals surface area contributed by atoms with Crippen molar-refractivity contribution < 1.29 is 0 Å². The molecule has 0 aromatic heterocycles. The molecule has 0 bridgehead atoms. The van der Waals surface area contributed by atoms with E-state index in [-0.39, 0.29) is 0 Å². The van der Waals surface area contributed by atoms with Crippen LogP contribution in [0.4, 0.5) is 0 Å². The maximum Gasteiger partial charge on any atom is 0.0587 e. The van der Waals surface area contributed by atoms with Crippen LogP contribution in [0.2, 0.25) is 0 Å². The SMILES string of the molecule is CC#N.CC(CCc1ccc(C2CCC(Cl)CC2)cc1)N(C)Cc1ccccc1. The summed E-state index contributed by atoms with van der Waals surface area (Å²) in [6.45, 7) is 4.78. The average molecular weight is 411 g/mol. The van der Waals surface area contributed by atoms with Gasteiger partial charge in [0.1, 0.15) is 0 Å². The molecule has 0 radical (unpaired) electrons. The number of hydrogen-bond donors (Lipinski definition) is 0. The Hall–Kier alpha value is -1.82. The summed E-state index contributed by atoms with van der Waals surface area (Å²) in [6, 6.07) is 22.5. The first-order valence-corrected chi connectivity index (χ1v) is 11.2. The second-order valence-corrected chi connectivity index (χ2v) is 8.82. The molecule has 0 spiro atoms. The third-order valence-electron chi connectivity index (χ3n) is 5.99. The Morgan fingerprint density at radius 1 is 1.00 bits per heavy atom. The third-order valence-corrected chi connectivity index (χ3v) is 6.42. The molecule has 29 heavy (non-hydrogen) atoms. The molecular weight excluding hydrogens is 376 g/mol. The molecule has 2 aromatic carbocycles. The Morgan fingerprint density at radius 2 is 1.59 bits per heavy atom. The summed E-state index contributed by atoms with van der Waals surface area (Å²) in [6.07, 6.45) is 7.16. The van der Waals surface area contributed by atoms with E-state index in [1.807, 2.05) is 0 Å². The van der Waals surface area contributed by atoms with Crippen molar-refractivity contribution in [3.63, 3.8) is 0 Å². The van der Waals surface area contributed by atoms with Crippen molar-refractivity contribution in [1.82, 2.24) is 4.90 Å². The molecule has 2 aromatic rings. The zero-order chi connectivity index (χ0) is 21.1. The molecule has 3 rings (SSSR count). The molecule has 3 heteroatoms. The molecule has 1 aliphatic rings. The first-order valence-electron chi connectivity index (χ1n) is 10.8. The Morgan fingerprint density at radius 3 is 2.17 bits per heavy atom. The largest absolute Gasteiger partial charge is 0.299 e. The predicted octanol–water partition coefficient (Wildman–Crippen LogP) is 6.93. The summed E-state index contributed by atoms with van der Waals surface area (Å²) in [5, 5.41) is 7.72. The quantitative estimate of drug-likeness (QED) is 0.462. The topological polar surface area (TPSA) is 27.0 Å². The highest BCUT2D eigenvalue weighted by atomic mass is 35.5. The minimum absolute atomic E-state index is 0.403. The van der Waals surface area contributed by atoms with Crippen LogP contribution < -0.4 is 0 Å². The van der Waals surface area contributed by atoms with Crippen molar-refractivity contribution in [1.29, 1.82) is 5.26 Å². The average Bonchev–Trinajstić information content (AvgIpc) is 2.74. The number of hydrogen-bond acceptors (Lipinski definition) is 2. The lowest BCUT2D eigenvalue weighted by atomic mass is 9.83. The van der Waals surface area contributed by atoms with Gasteiger partial charge in [-0.1, -0.05) is 54.6 Å². The van der Waals surface area contributed by atoms with Gasteiger partial charge in [-0.2, -0.15) is 5.26 Å². The van der Waals surface area contributed by atoms with Gasteiger partial charge in [0.2, 0.25) is 0 Å². The fraction of sp³-hybridized carbons (Fsp3) is 0.500. The van der Waals surface area contributed by atoms with Gasteiger partial charge in [0.05, 0.1) is 6.07 Å². The van der Waals surface area contributed by atoms with Gasteiger partial charge >= 0.3 is 0 Å². The van der Waals surface area contributed by atoms with Crippen molar-refractivity contribution in [2.45, 2.75) is 76.3 Å². The zero-order valence-corrected chi connectivity index (χ0v) is 18.9. The molecule has 0 N–H and O–H groups in total. The van der Waals surface area contributed by atoms with Crippen LogP contribution in [0.1, 0.15) is 68.6 Å². The molecule has 0 aliphatic heterocycles. The Balaban J connectivity index is 0.000000941. The minimum Gasteiger partial charge on any atom is -0.299 e. The molecule has 1 unspecified atom stereocenters. The van der Waals surface area contributed by atoms with Gasteiger partial charge in [-0.05, 0) is 75.1 Å². The number of aryl methyl sites for hydroxylation is 1. The van der Waals surface area contributed by atoms with Crippen molar-refractivity contribution in [2.24, 2.45) is 0 Å². The normalized spacial score (nSPS) is 19.7. The van der Waals surface area contributed by atoms with Crippen LogP contribution in [0, 0.1) is 11.3 Å². The molecular formula is C26H35ClN2. The second-order valence-electron chi connectivity index (χ2n) is 8.20. The van der Waals surface area contributed by atoms with Crippen molar-refractivity contribution >= 4 is 11.6 Å². The zero-order valence-electron chi connectivity index (χ0n) is 18.2. The lowest BCUT2D eigenvalue weighted by Crippen LogP contribution is -2.29. The Labute approximate surface area is 182 Å². The van der Waals surface area contributed by atoms with E-state index in [4.69, 9.17) is 16.9 Å². The Kier molecular flexibility index (Phi) is 10.3. The number of rotatable bonds is 7. The molecule has 0 amide bonds. The highest BCUT2D eigenvalue weighted by Gasteiger charge is 2.20. The van der Waals surface area contributed by atoms with Gasteiger partial charge < -0.3 is 0 Å². The van der Waals surface area contributed by atoms with Gasteiger partial charge in [-0.3, -0.25) is 4.90 Å². The fourth-order valence-corrected chi connectivity index (χ4v) is 4.22. The van der Waals surface area contributed by atoms with Crippen LogP contribution >= 0.6 is 11.6 Å². The molecule has 0 heterocycles. The van der Waals surface area contributed by atoms with E-state index in [1.165, 1.54) is 55.7 Å². The van der Waals surface area contributed by atoms with Crippen LogP contribution in [0.5, 0.6) is 0 Å². The van der Waals surface area contributed by atoms with E-state index in [0.717, 1.165) is 18.9 Å². The van der Waals surface area contributed by atoms with Crippen molar-refractivity contribution in [3.05, 3.63) is 71.3 Å². The summed E-state index contributed by atoms with van der Waals surface area (Å²) < 4.78 is 0. The molecule has 156 valence electrons. The van der Waals surface area contributed by atoms with Crippen LogP contribution in [0.25, 0.3) is 0 Å². The van der Waals surface area contributed by atoms with Gasteiger partial charge in [-0.25, -0.2) is 0 Å². The predicted molar refractivity (Wildman–Crippen MR) is 124 cm³/mol. The van der Waals surface area contributed by atoms with E-state index >= 15 is 0 Å². The van der Waals surface area contributed by atoms with E-state index in [9.17, 15) is 0 Å². The lowest BCUT2D eigenvalue weighted by molar-refractivity contribution is 0.238. The summed E-state index contributed by atoms with van der Waals surface area (Å²) in [4.78, 5) is 2.45. The summed E-state index contributed by atoms with van der Waals surface area (Å²) in [5.74, 6) is 0.718. The lowest BCUT2D eigenvalue weighted by Gasteiger charge is -2.26. The van der Waals surface area contributed by atoms with Crippen LogP contribution in [-0.2, 0) is 13.0 Å². The van der Waals surface area contributed by atoms with Crippen LogP contribution in [0.3, 0.4) is 0 Å². The first-order chi connectivity index (χ1) is 14.0. The third kappa shape index (κ3) is 8.21. The number of nitrogens with zero attached hydrogens (tertiary/aromatic N) is 2. The van der Waals surface area contributed by atoms with Crippen LogP contribution in [-0.4, -0.2) is 23.4 Å². The minimum atomic E-state index is 0.403. The first kappa shape index (κ1) is 23.5. The summed E-state index contributed by atoms with van der Waals surface area (Å²) in [7, 11) is 2.23. The fourth-order valence-electron chi connectivity index (χ4n) is 3.97. The van der Waals surface area contributed by atoms with Crippen LogP contribution in [0.15, 0.2) is 54.6 Å².